The molecule has 2 aromatic rings. The number of nitrogens with one attached hydrogen (secondary N) is 1. The molecule has 29 heavy (non-hydrogen) atoms. The fourth-order valence-electron chi connectivity index (χ4n) is 2.93. The number of thioether (sulfide) groups is 1. The molecule has 2 atom stereocenters. The van der Waals surface area contributed by atoms with Crippen molar-refractivity contribution in [1.29, 1.82) is 0 Å². The summed E-state index contributed by atoms with van der Waals surface area (Å²) in [7, 11) is 0. The third-order valence-electron chi connectivity index (χ3n) is 5.11. The molecule has 0 radical (unpaired) electrons. The molecule has 0 spiro atoms. The Labute approximate surface area is 179 Å². The maximum atomic E-state index is 13.0. The van der Waals surface area contributed by atoms with Gasteiger partial charge in [0.1, 0.15) is 6.04 Å². The highest BCUT2D eigenvalue weighted by molar-refractivity contribution is 7.99. The molecule has 0 aromatic heterocycles. The zero-order chi connectivity index (χ0) is 21.2. The molecule has 1 N–H and O–H groups in total. The maximum Gasteiger partial charge on any atom is 0.242 e. The van der Waals surface area contributed by atoms with E-state index in [1.165, 1.54) is 11.1 Å². The molecule has 4 nitrogen and oxygen atoms in total. The highest BCUT2D eigenvalue weighted by atomic mass is 32.2. The zero-order valence-electron chi connectivity index (χ0n) is 17.9. The van der Waals surface area contributed by atoms with Gasteiger partial charge < -0.3 is 10.2 Å². The van der Waals surface area contributed by atoms with E-state index in [4.69, 9.17) is 0 Å². The summed E-state index contributed by atoms with van der Waals surface area (Å²) in [5.74, 6) is 1.01. The van der Waals surface area contributed by atoms with Gasteiger partial charge in [-0.25, -0.2) is 0 Å². The summed E-state index contributed by atoms with van der Waals surface area (Å²) in [5, 5.41) is 3.00. The zero-order valence-corrected chi connectivity index (χ0v) is 18.7. The Hall–Kier alpha value is -2.27. The van der Waals surface area contributed by atoms with Crippen LogP contribution in [0.15, 0.2) is 54.6 Å². The van der Waals surface area contributed by atoms with Gasteiger partial charge in [-0.1, -0.05) is 61.5 Å². The molecule has 0 saturated carbocycles. The molecule has 2 amide bonds. The van der Waals surface area contributed by atoms with Crippen molar-refractivity contribution in [3.8, 4) is 0 Å². The van der Waals surface area contributed by atoms with E-state index in [9.17, 15) is 9.59 Å². The number of rotatable bonds is 10. The summed E-state index contributed by atoms with van der Waals surface area (Å²) in [6.45, 7) is 8.34. The van der Waals surface area contributed by atoms with Gasteiger partial charge in [0.15, 0.2) is 0 Å². The van der Waals surface area contributed by atoms with Crippen molar-refractivity contribution in [1.82, 2.24) is 10.2 Å². The number of benzene rings is 2. The van der Waals surface area contributed by atoms with Crippen LogP contribution in [0.4, 0.5) is 0 Å². The minimum Gasteiger partial charge on any atom is -0.352 e. The van der Waals surface area contributed by atoms with Gasteiger partial charge in [-0.2, -0.15) is 0 Å². The molecular weight excluding hydrogens is 380 g/mol. The normalized spacial score (nSPS) is 12.8. The van der Waals surface area contributed by atoms with Crippen molar-refractivity contribution in [2.24, 2.45) is 0 Å². The van der Waals surface area contributed by atoms with Crippen LogP contribution in [0.1, 0.15) is 43.9 Å². The lowest BCUT2D eigenvalue weighted by Crippen LogP contribution is -2.50. The van der Waals surface area contributed by atoms with Crippen LogP contribution in [0.2, 0.25) is 0 Å². The molecule has 5 heteroatoms. The summed E-state index contributed by atoms with van der Waals surface area (Å²) in [4.78, 5) is 27.4. The highest BCUT2D eigenvalue weighted by Gasteiger charge is 2.26. The monoisotopic (exact) mass is 412 g/mol. The smallest absolute Gasteiger partial charge is 0.242 e. The van der Waals surface area contributed by atoms with Crippen LogP contribution in [0, 0.1) is 6.92 Å². The maximum absolute atomic E-state index is 13.0. The van der Waals surface area contributed by atoms with Gasteiger partial charge >= 0.3 is 0 Å². The topological polar surface area (TPSA) is 49.4 Å². The molecule has 2 rings (SSSR count). The lowest BCUT2D eigenvalue weighted by Gasteiger charge is -2.29. The van der Waals surface area contributed by atoms with E-state index in [-0.39, 0.29) is 17.9 Å². The predicted octanol–water partition coefficient (Wildman–Crippen LogP) is 4.56. The largest absolute Gasteiger partial charge is 0.352 e. The van der Waals surface area contributed by atoms with E-state index in [2.05, 4.69) is 24.4 Å². The first-order valence-corrected chi connectivity index (χ1v) is 11.3. The van der Waals surface area contributed by atoms with Crippen LogP contribution in [0.5, 0.6) is 0 Å². The fraction of sp³-hybridized carbons (Fsp3) is 0.417. The number of carbonyl (C=O) groups is 2. The Morgan fingerprint density at radius 2 is 1.69 bits per heavy atom. The van der Waals surface area contributed by atoms with Crippen LogP contribution < -0.4 is 5.32 Å². The average Bonchev–Trinajstić information content (AvgIpc) is 2.73. The molecule has 0 saturated heterocycles. The second kappa shape index (κ2) is 11.7. The lowest BCUT2D eigenvalue weighted by atomic mass is 10.1. The third kappa shape index (κ3) is 7.24. The van der Waals surface area contributed by atoms with Gasteiger partial charge in [0.05, 0.1) is 5.75 Å². The van der Waals surface area contributed by atoms with Gasteiger partial charge in [-0.05, 0) is 43.9 Å². The first-order chi connectivity index (χ1) is 13.9. The quantitative estimate of drug-likeness (QED) is 0.622. The standard InChI is InChI=1S/C24H32N2O2S/c1-5-19(3)25-24(28)20(4)26(15-21-12-7-6-8-13-21)23(27)17-29-16-22-14-10-9-11-18(22)2/h6-14,19-20H,5,15-17H2,1-4H3,(H,25,28)/t19-,20+/m1/s1. The molecule has 0 aliphatic carbocycles. The van der Waals surface area contributed by atoms with Gasteiger partial charge in [0, 0.05) is 18.3 Å². The minimum atomic E-state index is -0.518. The van der Waals surface area contributed by atoms with Crippen LogP contribution in [0.25, 0.3) is 0 Å². The Morgan fingerprint density at radius 3 is 2.34 bits per heavy atom. The highest BCUT2D eigenvalue weighted by Crippen LogP contribution is 2.18. The number of hydrogen-bond acceptors (Lipinski definition) is 3. The van der Waals surface area contributed by atoms with E-state index < -0.39 is 6.04 Å². The fourth-order valence-corrected chi connectivity index (χ4v) is 3.92. The molecule has 0 aliphatic rings. The number of aryl methyl sites for hydroxylation is 1. The minimum absolute atomic E-state index is 0.0146. The second-order valence-corrected chi connectivity index (χ2v) is 8.41. The molecule has 0 fully saturated rings. The van der Waals surface area contributed by atoms with Crippen LogP contribution in [-0.4, -0.2) is 34.6 Å². The lowest BCUT2D eigenvalue weighted by molar-refractivity contribution is -0.138. The number of nitrogens with zero attached hydrogens (tertiary/aromatic N) is 1. The van der Waals surface area contributed by atoms with Crippen molar-refractivity contribution in [2.45, 2.75) is 58.5 Å². The molecule has 2 aromatic carbocycles. The Bertz CT molecular complexity index is 794. The molecule has 0 bridgehead atoms. The molecule has 156 valence electrons. The molecule has 0 unspecified atom stereocenters. The van der Waals surface area contributed by atoms with Crippen LogP contribution >= 0.6 is 11.8 Å². The molecular formula is C24H32N2O2S. The average molecular weight is 413 g/mol. The van der Waals surface area contributed by atoms with Gasteiger partial charge in [-0.15, -0.1) is 11.8 Å². The Morgan fingerprint density at radius 1 is 1.03 bits per heavy atom. The van der Waals surface area contributed by atoms with E-state index in [1.807, 2.05) is 63.2 Å². The first-order valence-electron chi connectivity index (χ1n) is 10.2. The summed E-state index contributed by atoms with van der Waals surface area (Å²) < 4.78 is 0. The summed E-state index contributed by atoms with van der Waals surface area (Å²) in [5.41, 5.74) is 3.49. The van der Waals surface area contributed by atoms with Crippen LogP contribution in [-0.2, 0) is 21.9 Å². The summed E-state index contributed by atoms with van der Waals surface area (Å²) >= 11 is 1.59. The van der Waals surface area contributed by atoms with Gasteiger partial charge in [0.25, 0.3) is 0 Å². The van der Waals surface area contributed by atoms with Crippen molar-refractivity contribution in [3.05, 3.63) is 71.3 Å². The van der Waals surface area contributed by atoms with Gasteiger partial charge in [0.2, 0.25) is 11.8 Å². The van der Waals surface area contributed by atoms with Gasteiger partial charge in [-0.3, -0.25) is 9.59 Å². The van der Waals surface area contributed by atoms with E-state index in [0.29, 0.717) is 12.3 Å². The molecule has 0 aliphatic heterocycles. The second-order valence-electron chi connectivity index (χ2n) is 7.42. The summed E-state index contributed by atoms with van der Waals surface area (Å²) in [6.07, 6.45) is 0.859. The summed E-state index contributed by atoms with van der Waals surface area (Å²) in [6, 6.07) is 17.6. The van der Waals surface area contributed by atoms with Crippen molar-refractivity contribution in [3.63, 3.8) is 0 Å². The van der Waals surface area contributed by atoms with E-state index >= 15 is 0 Å². The Balaban J connectivity index is 2.05. The molecule has 0 heterocycles. The van der Waals surface area contributed by atoms with Crippen molar-refractivity contribution in [2.75, 3.05) is 5.75 Å². The Kier molecular flexibility index (Phi) is 9.26. The van der Waals surface area contributed by atoms with E-state index in [1.54, 1.807) is 16.7 Å². The predicted molar refractivity (Wildman–Crippen MR) is 122 cm³/mol. The number of carbonyl (C=O) groups excluding carboxylic acids is 2. The van der Waals surface area contributed by atoms with E-state index in [0.717, 1.165) is 17.7 Å². The number of amides is 2. The van der Waals surface area contributed by atoms with Crippen molar-refractivity contribution >= 4 is 23.6 Å². The SMILES string of the molecule is CC[C@@H](C)NC(=O)[C@H](C)N(Cc1ccccc1)C(=O)CSCc1ccccc1C. The number of hydrogen-bond donors (Lipinski definition) is 1. The van der Waals surface area contributed by atoms with Crippen molar-refractivity contribution < 1.29 is 9.59 Å². The third-order valence-corrected chi connectivity index (χ3v) is 6.07. The van der Waals surface area contributed by atoms with Crippen LogP contribution in [0.3, 0.4) is 0 Å². The first kappa shape index (κ1) is 23.0.